The van der Waals surface area contributed by atoms with Crippen molar-refractivity contribution in [2.24, 2.45) is 11.8 Å². The van der Waals surface area contributed by atoms with Gasteiger partial charge in [0.1, 0.15) is 5.60 Å². The van der Waals surface area contributed by atoms with Crippen molar-refractivity contribution >= 4 is 50.8 Å². The van der Waals surface area contributed by atoms with Gasteiger partial charge in [-0.3, -0.25) is 4.79 Å². The van der Waals surface area contributed by atoms with Gasteiger partial charge in [0.2, 0.25) is 5.91 Å². The lowest BCUT2D eigenvalue weighted by atomic mass is 9.88. The summed E-state index contributed by atoms with van der Waals surface area (Å²) in [7, 11) is 1.31. The Labute approximate surface area is 250 Å². The van der Waals surface area contributed by atoms with Gasteiger partial charge in [0.25, 0.3) is 0 Å². The quantitative estimate of drug-likeness (QED) is 0.232. The Morgan fingerprint density at radius 3 is 2.45 bits per heavy atom. The van der Waals surface area contributed by atoms with Crippen LogP contribution in [0.2, 0.25) is 0 Å². The van der Waals surface area contributed by atoms with E-state index >= 15 is 0 Å². The first kappa shape index (κ1) is 32.1. The van der Waals surface area contributed by atoms with E-state index in [4.69, 9.17) is 14.2 Å². The van der Waals surface area contributed by atoms with Gasteiger partial charge in [-0.1, -0.05) is 45.2 Å². The number of thiophene rings is 1. The molecule has 1 amide bonds. The van der Waals surface area contributed by atoms with E-state index in [9.17, 15) is 14.4 Å². The van der Waals surface area contributed by atoms with E-state index < -0.39 is 17.5 Å². The molecule has 0 N–H and O–H groups in total. The maximum Gasteiger partial charge on any atom is 0.351 e. The molecule has 1 aliphatic rings. The van der Waals surface area contributed by atoms with Crippen LogP contribution in [0.15, 0.2) is 28.7 Å². The highest BCUT2D eigenvalue weighted by Gasteiger charge is 2.28. The van der Waals surface area contributed by atoms with Crippen LogP contribution in [0.25, 0.3) is 10.4 Å². The van der Waals surface area contributed by atoms with Crippen molar-refractivity contribution in [2.45, 2.75) is 85.2 Å². The Kier molecular flexibility index (Phi) is 11.6. The first-order valence-corrected chi connectivity index (χ1v) is 15.7. The molecule has 1 aromatic carbocycles. The van der Waals surface area contributed by atoms with Crippen molar-refractivity contribution in [3.8, 4) is 16.2 Å². The van der Waals surface area contributed by atoms with Gasteiger partial charge in [0, 0.05) is 18.7 Å². The molecular weight excluding hydrogens is 594 g/mol. The fourth-order valence-corrected chi connectivity index (χ4v) is 6.75. The SMILES string of the molecule is COC(=O)c1sc(-c2cccc(N(CC3CCCCC3)C(=O)CCC(C)C)c2)c(Br)c1OCC(=O)OC(C)(C)C. The molecule has 220 valence electrons. The zero-order chi connectivity index (χ0) is 29.4. The van der Waals surface area contributed by atoms with Crippen LogP contribution in [0, 0.1) is 11.8 Å². The molecule has 0 atom stereocenters. The highest BCUT2D eigenvalue weighted by atomic mass is 79.9. The third kappa shape index (κ3) is 9.06. The predicted molar refractivity (Wildman–Crippen MR) is 163 cm³/mol. The molecule has 1 aromatic heterocycles. The normalized spacial score (nSPS) is 14.2. The van der Waals surface area contributed by atoms with Crippen molar-refractivity contribution in [1.29, 1.82) is 0 Å². The first-order valence-electron chi connectivity index (χ1n) is 14.1. The number of esters is 2. The molecule has 1 saturated carbocycles. The maximum atomic E-state index is 13.5. The number of hydrogen-bond acceptors (Lipinski definition) is 7. The van der Waals surface area contributed by atoms with Crippen LogP contribution in [0.4, 0.5) is 5.69 Å². The Morgan fingerprint density at radius 1 is 1.12 bits per heavy atom. The number of amides is 1. The molecule has 1 heterocycles. The van der Waals surface area contributed by atoms with Crippen LogP contribution in [-0.4, -0.2) is 43.7 Å². The fraction of sp³-hybridized carbons (Fsp3) is 0.581. The number of halogens is 1. The second-order valence-corrected chi connectivity index (χ2v) is 13.6. The van der Waals surface area contributed by atoms with Crippen LogP contribution in [0.1, 0.15) is 89.2 Å². The maximum absolute atomic E-state index is 13.5. The second-order valence-electron chi connectivity index (χ2n) is 11.8. The van der Waals surface area contributed by atoms with Gasteiger partial charge < -0.3 is 19.1 Å². The van der Waals surface area contributed by atoms with Crippen molar-refractivity contribution in [3.63, 3.8) is 0 Å². The number of nitrogens with zero attached hydrogens (tertiary/aromatic N) is 1. The number of rotatable bonds is 11. The van der Waals surface area contributed by atoms with Gasteiger partial charge in [-0.05, 0) is 85.5 Å². The highest BCUT2D eigenvalue weighted by Crippen LogP contribution is 2.46. The summed E-state index contributed by atoms with van der Waals surface area (Å²) < 4.78 is 16.7. The number of methoxy groups -OCH3 is 1. The van der Waals surface area contributed by atoms with Crippen molar-refractivity contribution in [3.05, 3.63) is 33.6 Å². The number of benzene rings is 1. The van der Waals surface area contributed by atoms with Crippen LogP contribution in [-0.2, 0) is 19.1 Å². The molecule has 7 nitrogen and oxygen atoms in total. The minimum absolute atomic E-state index is 0.137. The molecule has 40 heavy (non-hydrogen) atoms. The van der Waals surface area contributed by atoms with E-state index in [2.05, 4.69) is 29.8 Å². The van der Waals surface area contributed by atoms with Gasteiger partial charge in [-0.15, -0.1) is 11.3 Å². The summed E-state index contributed by atoms with van der Waals surface area (Å²) in [6.45, 7) is 9.97. The monoisotopic (exact) mass is 635 g/mol. The van der Waals surface area contributed by atoms with Crippen LogP contribution in [0.5, 0.6) is 5.75 Å². The zero-order valence-corrected chi connectivity index (χ0v) is 26.9. The molecule has 9 heteroatoms. The van der Waals surface area contributed by atoms with Crippen molar-refractivity contribution in [1.82, 2.24) is 0 Å². The summed E-state index contributed by atoms with van der Waals surface area (Å²) in [5, 5.41) is 0. The molecule has 0 unspecified atom stereocenters. The van der Waals surface area contributed by atoms with E-state index in [-0.39, 0.29) is 23.1 Å². The third-order valence-electron chi connectivity index (χ3n) is 6.76. The molecule has 0 aliphatic heterocycles. The molecule has 2 aromatic rings. The standard InChI is InChI=1S/C31H42BrNO6S/c1-20(2)15-16-24(34)33(18-21-11-8-7-9-12-21)23-14-10-13-22(17-23)28-26(32)27(29(40-28)30(36)37-6)38-19-25(35)39-31(3,4)5/h10,13-14,17,20-21H,7-9,11-12,15-16,18-19H2,1-6H3. The molecule has 1 aliphatic carbocycles. The topological polar surface area (TPSA) is 82.1 Å². The minimum Gasteiger partial charge on any atom is -0.479 e. The van der Waals surface area contributed by atoms with E-state index in [0.29, 0.717) is 29.3 Å². The number of hydrogen-bond donors (Lipinski definition) is 0. The molecule has 3 rings (SSSR count). The first-order chi connectivity index (χ1) is 18.9. The second kappa shape index (κ2) is 14.5. The van der Waals surface area contributed by atoms with Gasteiger partial charge in [0.05, 0.1) is 16.5 Å². The molecule has 0 radical (unpaired) electrons. The fourth-order valence-electron chi connectivity index (χ4n) is 4.78. The number of carbonyl (C=O) groups excluding carboxylic acids is 3. The highest BCUT2D eigenvalue weighted by molar-refractivity contribution is 9.10. The molecular formula is C31H42BrNO6S. The lowest BCUT2D eigenvalue weighted by molar-refractivity contribution is -0.157. The average molecular weight is 637 g/mol. The number of anilines is 1. The third-order valence-corrected chi connectivity index (χ3v) is 8.98. The Morgan fingerprint density at radius 2 is 1.82 bits per heavy atom. The van der Waals surface area contributed by atoms with Gasteiger partial charge in [-0.2, -0.15) is 0 Å². The van der Waals surface area contributed by atoms with E-state index in [1.807, 2.05) is 29.2 Å². The summed E-state index contributed by atoms with van der Waals surface area (Å²) in [6.07, 6.45) is 7.33. The number of ether oxygens (including phenoxy) is 3. The summed E-state index contributed by atoms with van der Waals surface area (Å²) in [4.78, 5) is 41.3. The smallest absolute Gasteiger partial charge is 0.351 e. The zero-order valence-electron chi connectivity index (χ0n) is 24.5. The Bertz CT molecular complexity index is 1180. The summed E-state index contributed by atoms with van der Waals surface area (Å²) in [5.74, 6) is 0.212. The summed E-state index contributed by atoms with van der Waals surface area (Å²) in [6, 6.07) is 7.84. The largest absolute Gasteiger partial charge is 0.479 e. The lowest BCUT2D eigenvalue weighted by Gasteiger charge is -2.30. The molecule has 1 fully saturated rings. The van der Waals surface area contributed by atoms with Crippen molar-refractivity contribution in [2.75, 3.05) is 25.2 Å². The van der Waals surface area contributed by atoms with Crippen molar-refractivity contribution < 1.29 is 28.6 Å². The van der Waals surface area contributed by atoms with Gasteiger partial charge >= 0.3 is 11.9 Å². The van der Waals surface area contributed by atoms with Crippen LogP contribution < -0.4 is 9.64 Å². The van der Waals surface area contributed by atoms with E-state index in [1.54, 1.807) is 20.8 Å². The average Bonchev–Trinajstić information content (AvgIpc) is 3.24. The summed E-state index contributed by atoms with van der Waals surface area (Å²) in [5.41, 5.74) is 1.02. The van der Waals surface area contributed by atoms with E-state index in [1.165, 1.54) is 37.7 Å². The Hall–Kier alpha value is -2.39. The van der Waals surface area contributed by atoms with Gasteiger partial charge in [0.15, 0.2) is 17.2 Å². The van der Waals surface area contributed by atoms with Crippen LogP contribution in [0.3, 0.4) is 0 Å². The number of carbonyl (C=O) groups is 3. The minimum atomic E-state index is -0.654. The predicted octanol–water partition coefficient (Wildman–Crippen LogP) is 8.03. The molecule has 0 spiro atoms. The Balaban J connectivity index is 1.94. The molecule has 0 saturated heterocycles. The lowest BCUT2D eigenvalue weighted by Crippen LogP contribution is -2.36. The summed E-state index contributed by atoms with van der Waals surface area (Å²) >= 11 is 4.82. The molecule has 0 bridgehead atoms. The van der Waals surface area contributed by atoms with E-state index in [0.717, 1.165) is 35.4 Å². The van der Waals surface area contributed by atoms with Gasteiger partial charge in [-0.25, -0.2) is 9.59 Å². The van der Waals surface area contributed by atoms with Crippen LogP contribution >= 0.6 is 27.3 Å².